The molecule has 4 N–H and O–H groups in total. The highest BCUT2D eigenvalue weighted by molar-refractivity contribution is 7.90. The molecule has 4 aliphatic rings. The topological polar surface area (TPSA) is 134 Å². The van der Waals surface area contributed by atoms with Gasteiger partial charge in [-0.05, 0) is 68.2 Å². The first kappa shape index (κ1) is 33.1. The number of nitrogens with zero attached hydrogens (tertiary/aromatic N) is 4. The van der Waals surface area contributed by atoms with E-state index < -0.39 is 50.7 Å². The number of pyridine rings is 1. The normalized spacial score (nSPS) is 22.1. The fourth-order valence-corrected chi connectivity index (χ4v) is 9.19. The number of H-pyrrole nitrogens is 1. The summed E-state index contributed by atoms with van der Waals surface area (Å²) in [7, 11) is -4.33. The van der Waals surface area contributed by atoms with Crippen molar-refractivity contribution in [2.75, 3.05) is 68.5 Å². The molecule has 0 radical (unpaired) electrons. The van der Waals surface area contributed by atoms with E-state index in [0.717, 1.165) is 86.3 Å². The number of fused-ring (bicyclic) bond motifs is 1. The van der Waals surface area contributed by atoms with Crippen molar-refractivity contribution >= 4 is 38.4 Å². The molecule has 15 heteroatoms. The number of likely N-dealkylation sites (tertiary alicyclic amines) is 1. The van der Waals surface area contributed by atoms with Gasteiger partial charge in [0, 0.05) is 85.8 Å². The van der Waals surface area contributed by atoms with Crippen LogP contribution in [-0.2, 0) is 10.2 Å². The van der Waals surface area contributed by atoms with Crippen LogP contribution < -0.4 is 14.9 Å². The first-order valence-corrected chi connectivity index (χ1v) is 18.3. The average Bonchev–Trinajstić information content (AvgIpc) is 3.70. The number of ketones is 1. The second kappa shape index (κ2) is 12.3. The molecular weight excluding hydrogens is 671 g/mol. The van der Waals surface area contributed by atoms with Crippen LogP contribution in [-0.4, -0.2) is 109 Å². The predicted molar refractivity (Wildman–Crippen MR) is 183 cm³/mol. The summed E-state index contributed by atoms with van der Waals surface area (Å²) in [6, 6.07) is 11.4. The molecular formula is C35H38F3N7O4S. The van der Waals surface area contributed by atoms with E-state index in [1.807, 2.05) is 29.0 Å². The lowest BCUT2D eigenvalue weighted by Gasteiger charge is -2.62. The first-order chi connectivity index (χ1) is 23.9. The van der Waals surface area contributed by atoms with Gasteiger partial charge >= 0.3 is 10.2 Å². The van der Waals surface area contributed by atoms with E-state index in [-0.39, 0.29) is 30.5 Å². The molecule has 6 heterocycles. The fraction of sp³-hybridized carbons (Fsp3) is 0.429. The zero-order chi connectivity index (χ0) is 34.8. The molecule has 0 saturated carbocycles. The van der Waals surface area contributed by atoms with Crippen molar-refractivity contribution in [3.63, 3.8) is 0 Å². The van der Waals surface area contributed by atoms with Crippen LogP contribution in [0.1, 0.15) is 35.2 Å². The summed E-state index contributed by atoms with van der Waals surface area (Å²) in [5.41, 5.74) is 1.08. The molecule has 11 nitrogen and oxygen atoms in total. The summed E-state index contributed by atoms with van der Waals surface area (Å²) in [6.07, 6.45) is 3.23. The van der Waals surface area contributed by atoms with Crippen LogP contribution in [0.5, 0.6) is 0 Å². The largest absolute Gasteiger partial charge is 0.388 e. The van der Waals surface area contributed by atoms with Gasteiger partial charge in [0.2, 0.25) is 5.78 Å². The molecule has 0 amide bonds. The Bertz CT molecular complexity index is 2060. The number of carbonyl (C=O) groups is 1. The van der Waals surface area contributed by atoms with Gasteiger partial charge in [-0.15, -0.1) is 0 Å². The summed E-state index contributed by atoms with van der Waals surface area (Å²) < 4.78 is 72.6. The Labute approximate surface area is 287 Å². The van der Waals surface area contributed by atoms with Crippen molar-refractivity contribution in [2.24, 2.45) is 5.41 Å². The minimum atomic E-state index is -4.33. The highest BCUT2D eigenvalue weighted by Gasteiger charge is 2.53. The third kappa shape index (κ3) is 6.04. The second-order valence-electron chi connectivity index (χ2n) is 14.3. The van der Waals surface area contributed by atoms with Crippen molar-refractivity contribution < 1.29 is 31.5 Å². The number of halogens is 3. The number of alkyl halides is 1. The zero-order valence-electron chi connectivity index (χ0n) is 27.3. The van der Waals surface area contributed by atoms with E-state index in [1.165, 1.54) is 6.20 Å². The van der Waals surface area contributed by atoms with Gasteiger partial charge in [0.1, 0.15) is 17.6 Å². The van der Waals surface area contributed by atoms with Gasteiger partial charge in [0.25, 0.3) is 0 Å². The number of β-amino-alcohol motifs (C(OH)–C–C–N with tert-alkyl or cyclic N) is 1. The zero-order valence-corrected chi connectivity index (χ0v) is 28.1. The standard InChI is InChI=1S/C35H38F3N7O4S/c36-24-7-12-45(16-24)50(48,49)42-29-6-5-28(37)30(31(29)38)32(46)27-15-41-33-26(27)13-23(14-40-33)22-1-3-25(4-2-22)44-19-34(20-44)17-43(18-34)21-35(47)8-10-39-11-9-35/h1-6,13-15,24,39,42,47H,7-12,16-21H2,(H,40,41)/t24-/m1/s1. The van der Waals surface area contributed by atoms with E-state index in [0.29, 0.717) is 16.6 Å². The van der Waals surface area contributed by atoms with Gasteiger partial charge in [0.05, 0.1) is 16.9 Å². The lowest BCUT2D eigenvalue weighted by molar-refractivity contribution is -0.0883. The summed E-state index contributed by atoms with van der Waals surface area (Å²) >= 11 is 0. The molecule has 50 heavy (non-hydrogen) atoms. The van der Waals surface area contributed by atoms with Crippen molar-refractivity contribution in [3.05, 3.63) is 77.6 Å². The first-order valence-electron chi connectivity index (χ1n) is 16.8. The lowest BCUT2D eigenvalue weighted by atomic mass is 9.71. The molecule has 8 rings (SSSR count). The molecule has 4 saturated heterocycles. The van der Waals surface area contributed by atoms with Crippen LogP contribution in [0.25, 0.3) is 22.2 Å². The number of aromatic nitrogens is 2. The molecule has 0 bridgehead atoms. The Balaban J connectivity index is 0.956. The summed E-state index contributed by atoms with van der Waals surface area (Å²) in [4.78, 5) is 25.6. The molecule has 4 fully saturated rings. The Hall–Kier alpha value is -4.02. The fourth-order valence-electron chi connectivity index (χ4n) is 7.92. The van der Waals surface area contributed by atoms with Crippen molar-refractivity contribution in [3.8, 4) is 11.1 Å². The number of nitrogens with one attached hydrogen (secondary N) is 3. The highest BCUT2D eigenvalue weighted by atomic mass is 32.2. The lowest BCUT2D eigenvalue weighted by Crippen LogP contribution is -2.73. The van der Waals surface area contributed by atoms with Crippen molar-refractivity contribution in [1.29, 1.82) is 0 Å². The number of anilines is 2. The number of piperidine rings is 1. The van der Waals surface area contributed by atoms with Gasteiger partial charge in [-0.25, -0.2) is 18.2 Å². The summed E-state index contributed by atoms with van der Waals surface area (Å²) in [6.45, 7) is 5.90. The smallest absolute Gasteiger partial charge is 0.301 e. The second-order valence-corrected chi connectivity index (χ2v) is 16.0. The van der Waals surface area contributed by atoms with Gasteiger partial charge < -0.3 is 20.3 Å². The summed E-state index contributed by atoms with van der Waals surface area (Å²) in [5.74, 6) is -3.51. The number of rotatable bonds is 9. The quantitative estimate of drug-likeness (QED) is 0.194. The van der Waals surface area contributed by atoms with Gasteiger partial charge in [-0.1, -0.05) is 12.1 Å². The van der Waals surface area contributed by atoms with Gasteiger partial charge in [-0.2, -0.15) is 12.7 Å². The molecule has 2 aromatic carbocycles. The Morgan fingerprint density at radius 2 is 1.78 bits per heavy atom. The molecule has 0 unspecified atom stereocenters. The van der Waals surface area contributed by atoms with Crippen LogP contribution >= 0.6 is 0 Å². The van der Waals surface area contributed by atoms with E-state index in [9.17, 15) is 22.7 Å². The number of hydrogen-bond donors (Lipinski definition) is 4. The Kier molecular flexibility index (Phi) is 8.18. The van der Waals surface area contributed by atoms with E-state index >= 15 is 8.78 Å². The van der Waals surface area contributed by atoms with Crippen LogP contribution in [0.15, 0.2) is 54.9 Å². The predicted octanol–water partition coefficient (Wildman–Crippen LogP) is 3.68. The van der Waals surface area contributed by atoms with Gasteiger partial charge in [0.15, 0.2) is 5.82 Å². The van der Waals surface area contributed by atoms with E-state index in [1.54, 1.807) is 12.3 Å². The Morgan fingerprint density at radius 3 is 2.48 bits per heavy atom. The third-order valence-corrected chi connectivity index (χ3v) is 12.0. The third-order valence-electron chi connectivity index (χ3n) is 10.6. The maximum absolute atomic E-state index is 15.6. The number of hydrogen-bond acceptors (Lipinski definition) is 8. The van der Waals surface area contributed by atoms with Crippen LogP contribution in [0.3, 0.4) is 0 Å². The maximum Gasteiger partial charge on any atom is 0.301 e. The average molecular weight is 710 g/mol. The monoisotopic (exact) mass is 709 g/mol. The molecule has 2 aromatic heterocycles. The number of aliphatic hydroxyl groups is 1. The van der Waals surface area contributed by atoms with Crippen LogP contribution in [0.4, 0.5) is 24.5 Å². The molecule has 264 valence electrons. The van der Waals surface area contributed by atoms with Crippen LogP contribution in [0.2, 0.25) is 0 Å². The minimum absolute atomic E-state index is 0.0150. The van der Waals surface area contributed by atoms with Crippen LogP contribution in [0, 0.1) is 17.0 Å². The number of benzene rings is 2. The summed E-state index contributed by atoms with van der Waals surface area (Å²) in [5, 5.41) is 14.5. The highest BCUT2D eigenvalue weighted by Crippen LogP contribution is 2.43. The molecule has 1 atom stereocenters. The maximum atomic E-state index is 15.6. The number of carbonyl (C=O) groups excluding carboxylic acids is 1. The minimum Gasteiger partial charge on any atom is -0.388 e. The molecule has 0 aliphatic carbocycles. The van der Waals surface area contributed by atoms with Crippen molar-refractivity contribution in [1.82, 2.24) is 24.5 Å². The van der Waals surface area contributed by atoms with E-state index in [2.05, 4.69) is 25.1 Å². The Morgan fingerprint density at radius 1 is 1.04 bits per heavy atom. The molecule has 1 spiro atoms. The SMILES string of the molecule is O=C(c1c(F)ccc(NS(=O)(=O)N2CC[C@@H](F)C2)c1F)c1c[nH]c2ncc(-c3ccc(N4CC5(CN(CC6(O)CCNCC6)C5)C4)cc3)cc12. The van der Waals surface area contributed by atoms with Crippen molar-refractivity contribution in [2.45, 2.75) is 31.0 Å². The molecule has 4 aromatic rings. The molecule has 4 aliphatic heterocycles. The van der Waals surface area contributed by atoms with E-state index in [4.69, 9.17) is 0 Å². The number of aromatic amines is 1. The van der Waals surface area contributed by atoms with Gasteiger partial charge in [-0.3, -0.25) is 14.4 Å².